The highest BCUT2D eigenvalue weighted by molar-refractivity contribution is 5.31. The summed E-state index contributed by atoms with van der Waals surface area (Å²) in [4.78, 5) is 16.3. The molecule has 3 aromatic heterocycles. The Labute approximate surface area is 125 Å². The number of hydrogen-bond acceptors (Lipinski definition) is 6. The van der Waals surface area contributed by atoms with Crippen LogP contribution >= 0.6 is 0 Å². The van der Waals surface area contributed by atoms with Crippen molar-refractivity contribution in [3.05, 3.63) is 34.9 Å². The van der Waals surface area contributed by atoms with E-state index in [0.717, 1.165) is 12.8 Å². The molecule has 3 aromatic rings. The fourth-order valence-electron chi connectivity index (χ4n) is 3.04. The van der Waals surface area contributed by atoms with Crippen molar-refractivity contribution in [3.8, 4) is 0 Å². The molecule has 0 aromatic carbocycles. The summed E-state index contributed by atoms with van der Waals surface area (Å²) in [7, 11) is 0. The summed E-state index contributed by atoms with van der Waals surface area (Å²) in [5, 5.41) is 16.2. The van der Waals surface area contributed by atoms with E-state index in [1.54, 1.807) is 18.6 Å². The van der Waals surface area contributed by atoms with Gasteiger partial charge in [-0.05, 0) is 23.3 Å². The van der Waals surface area contributed by atoms with Gasteiger partial charge in [-0.3, -0.25) is 4.98 Å². The van der Waals surface area contributed by atoms with Crippen LogP contribution in [0.25, 0.3) is 5.65 Å². The Morgan fingerprint density at radius 1 is 1.23 bits per heavy atom. The van der Waals surface area contributed by atoms with E-state index >= 15 is 0 Å². The molecule has 0 aliphatic heterocycles. The van der Waals surface area contributed by atoms with E-state index < -0.39 is 0 Å². The molecule has 0 bridgehead atoms. The average Bonchev–Trinajstić information content (AvgIpc) is 3.15. The van der Waals surface area contributed by atoms with Crippen LogP contribution in [0.2, 0.25) is 0 Å². The summed E-state index contributed by atoms with van der Waals surface area (Å²) in [6.07, 6.45) is 10.6. The average molecular weight is 300 g/mol. The van der Waals surface area contributed by atoms with E-state index in [0.29, 0.717) is 17.5 Å². The van der Waals surface area contributed by atoms with Crippen LogP contribution in [0.5, 0.6) is 0 Å². The maximum absolute atomic E-state index is 12.3. The second-order valence-electron chi connectivity index (χ2n) is 5.58. The van der Waals surface area contributed by atoms with Gasteiger partial charge in [0.25, 0.3) is 0 Å². The minimum Gasteiger partial charge on any atom is -0.259 e. The molecule has 1 aliphatic rings. The molecule has 9 nitrogen and oxygen atoms in total. The highest BCUT2D eigenvalue weighted by atomic mass is 16.2. The molecule has 0 radical (unpaired) electrons. The van der Waals surface area contributed by atoms with Crippen molar-refractivity contribution in [1.29, 1.82) is 0 Å². The van der Waals surface area contributed by atoms with Gasteiger partial charge < -0.3 is 0 Å². The normalized spacial score (nSPS) is 16.4. The standard InChI is InChI=1S/C13H16N8O/c22-13-19-7-6-14-8-11(19)16-20(13)9-12-15-17-18-21(12)10-4-2-1-3-5-10/h6-8,10H,1-5,9H2. The summed E-state index contributed by atoms with van der Waals surface area (Å²) in [5.74, 6) is 0.672. The Morgan fingerprint density at radius 3 is 2.91 bits per heavy atom. The maximum atomic E-state index is 12.3. The Kier molecular flexibility index (Phi) is 3.17. The van der Waals surface area contributed by atoms with E-state index in [4.69, 9.17) is 0 Å². The molecule has 0 saturated heterocycles. The lowest BCUT2D eigenvalue weighted by Gasteiger charge is -2.22. The largest absolute Gasteiger partial charge is 0.350 e. The molecule has 1 fully saturated rings. The number of nitrogens with zero attached hydrogens (tertiary/aromatic N) is 8. The molecular weight excluding hydrogens is 284 g/mol. The lowest BCUT2D eigenvalue weighted by molar-refractivity contribution is 0.314. The number of rotatable bonds is 3. The number of hydrogen-bond donors (Lipinski definition) is 0. The van der Waals surface area contributed by atoms with Crippen molar-refractivity contribution in [2.45, 2.75) is 44.7 Å². The Hall–Kier alpha value is -2.58. The second-order valence-corrected chi connectivity index (χ2v) is 5.58. The molecular formula is C13H16N8O. The van der Waals surface area contributed by atoms with Crippen LogP contribution < -0.4 is 5.69 Å². The predicted molar refractivity (Wildman–Crippen MR) is 76.3 cm³/mol. The smallest absolute Gasteiger partial charge is 0.259 e. The zero-order valence-electron chi connectivity index (χ0n) is 12.0. The van der Waals surface area contributed by atoms with E-state index in [9.17, 15) is 4.79 Å². The molecule has 1 aliphatic carbocycles. The molecule has 1 saturated carbocycles. The molecule has 114 valence electrons. The van der Waals surface area contributed by atoms with Gasteiger partial charge in [0, 0.05) is 12.4 Å². The van der Waals surface area contributed by atoms with Crippen LogP contribution in [0.1, 0.15) is 44.0 Å². The summed E-state index contributed by atoms with van der Waals surface area (Å²) in [5.41, 5.74) is 0.305. The fraction of sp³-hybridized carbons (Fsp3) is 0.538. The van der Waals surface area contributed by atoms with Crippen molar-refractivity contribution in [2.75, 3.05) is 0 Å². The first kappa shape index (κ1) is 13.1. The molecule has 22 heavy (non-hydrogen) atoms. The summed E-state index contributed by atoms with van der Waals surface area (Å²) >= 11 is 0. The molecule has 0 atom stereocenters. The van der Waals surface area contributed by atoms with E-state index in [2.05, 4.69) is 25.6 Å². The third-order valence-corrected chi connectivity index (χ3v) is 4.16. The van der Waals surface area contributed by atoms with Gasteiger partial charge in [0.2, 0.25) is 0 Å². The number of tetrazole rings is 1. The van der Waals surface area contributed by atoms with Crippen LogP contribution in [0, 0.1) is 0 Å². The third-order valence-electron chi connectivity index (χ3n) is 4.16. The summed E-state index contributed by atoms with van der Waals surface area (Å²) < 4.78 is 4.69. The number of aromatic nitrogens is 8. The van der Waals surface area contributed by atoms with Crippen LogP contribution in [0.15, 0.2) is 23.4 Å². The van der Waals surface area contributed by atoms with Crippen molar-refractivity contribution in [3.63, 3.8) is 0 Å². The molecule has 4 rings (SSSR count). The minimum absolute atomic E-state index is 0.212. The zero-order valence-corrected chi connectivity index (χ0v) is 12.0. The minimum atomic E-state index is -0.212. The Balaban J connectivity index is 1.67. The maximum Gasteiger partial charge on any atom is 0.350 e. The van der Waals surface area contributed by atoms with Crippen molar-refractivity contribution in [2.24, 2.45) is 0 Å². The van der Waals surface area contributed by atoms with Gasteiger partial charge in [-0.15, -0.1) is 10.2 Å². The van der Waals surface area contributed by atoms with Gasteiger partial charge in [0.1, 0.15) is 6.54 Å². The van der Waals surface area contributed by atoms with E-state index in [-0.39, 0.29) is 12.2 Å². The van der Waals surface area contributed by atoms with Gasteiger partial charge in [-0.25, -0.2) is 18.6 Å². The van der Waals surface area contributed by atoms with Crippen molar-refractivity contribution in [1.82, 2.24) is 39.4 Å². The lowest BCUT2D eigenvalue weighted by Crippen LogP contribution is -2.25. The van der Waals surface area contributed by atoms with Crippen LogP contribution in [0.4, 0.5) is 0 Å². The molecule has 0 N–H and O–H groups in total. The molecule has 0 amide bonds. The first-order chi connectivity index (χ1) is 10.8. The Bertz CT molecular complexity index is 841. The van der Waals surface area contributed by atoms with Gasteiger partial charge in [0.05, 0.1) is 12.2 Å². The predicted octanol–water partition coefficient (Wildman–Crippen LogP) is 0.431. The summed E-state index contributed by atoms with van der Waals surface area (Å²) in [6, 6.07) is 0.327. The van der Waals surface area contributed by atoms with Crippen LogP contribution in [-0.2, 0) is 6.54 Å². The molecule has 3 heterocycles. The van der Waals surface area contributed by atoms with Gasteiger partial charge in [0.15, 0.2) is 11.5 Å². The van der Waals surface area contributed by atoms with Gasteiger partial charge in [-0.2, -0.15) is 0 Å². The monoisotopic (exact) mass is 300 g/mol. The molecule has 0 unspecified atom stereocenters. The van der Waals surface area contributed by atoms with Gasteiger partial charge in [-0.1, -0.05) is 19.3 Å². The summed E-state index contributed by atoms with van der Waals surface area (Å²) in [6.45, 7) is 0.268. The lowest BCUT2D eigenvalue weighted by atomic mass is 9.96. The highest BCUT2D eigenvalue weighted by Crippen LogP contribution is 2.27. The third kappa shape index (κ3) is 2.18. The van der Waals surface area contributed by atoms with E-state index in [1.807, 2.05) is 4.68 Å². The van der Waals surface area contributed by atoms with Gasteiger partial charge >= 0.3 is 5.69 Å². The highest BCUT2D eigenvalue weighted by Gasteiger charge is 2.21. The van der Waals surface area contributed by atoms with Crippen molar-refractivity contribution >= 4 is 5.65 Å². The quantitative estimate of drug-likeness (QED) is 0.696. The second kappa shape index (κ2) is 5.32. The SMILES string of the molecule is O=c1n(Cc2nnnn2C2CCCCC2)nc2cnccn12. The van der Waals surface area contributed by atoms with Crippen LogP contribution in [-0.4, -0.2) is 39.4 Å². The molecule has 9 heteroatoms. The first-order valence-electron chi connectivity index (χ1n) is 7.49. The zero-order chi connectivity index (χ0) is 14.9. The van der Waals surface area contributed by atoms with Crippen LogP contribution in [0.3, 0.4) is 0 Å². The Morgan fingerprint density at radius 2 is 2.09 bits per heavy atom. The fourth-order valence-corrected chi connectivity index (χ4v) is 3.04. The van der Waals surface area contributed by atoms with Crippen molar-refractivity contribution < 1.29 is 0 Å². The topological polar surface area (TPSA) is 95.8 Å². The molecule has 0 spiro atoms. The first-order valence-corrected chi connectivity index (χ1v) is 7.49. The van der Waals surface area contributed by atoms with E-state index in [1.165, 1.54) is 28.3 Å². The number of fused-ring (bicyclic) bond motifs is 1.